The minimum atomic E-state index is -0.504. The van der Waals surface area contributed by atoms with Crippen LogP contribution >= 0.6 is 0 Å². The fourth-order valence-electron chi connectivity index (χ4n) is 2.58. The summed E-state index contributed by atoms with van der Waals surface area (Å²) in [6.07, 6.45) is 2.79. The number of rotatable bonds is 7. The van der Waals surface area contributed by atoms with E-state index in [1.54, 1.807) is 6.21 Å². The Morgan fingerprint density at radius 2 is 1.97 bits per heavy atom. The van der Waals surface area contributed by atoms with Crippen LogP contribution in [0.2, 0.25) is 0 Å². The van der Waals surface area contributed by atoms with Gasteiger partial charge in [0.05, 0.1) is 11.1 Å². The van der Waals surface area contributed by atoms with Crippen LogP contribution in [0, 0.1) is 10.1 Å². The first-order chi connectivity index (χ1) is 14.2. The maximum atomic E-state index is 10.6. The lowest BCUT2D eigenvalue weighted by Crippen LogP contribution is -1.96. The molecule has 9 heteroatoms. The lowest BCUT2D eigenvalue weighted by atomic mass is 10.2. The quantitative estimate of drug-likeness (QED) is 0.371. The maximum Gasteiger partial charge on any atom is 0.287 e. The number of aromatic nitrogens is 1. The van der Waals surface area contributed by atoms with Crippen LogP contribution in [0.4, 0.5) is 11.5 Å². The minimum Gasteiger partial charge on any atom is -0.489 e. The van der Waals surface area contributed by atoms with Crippen molar-refractivity contribution < 1.29 is 19.1 Å². The third-order valence-corrected chi connectivity index (χ3v) is 4.07. The number of hydrazone groups is 1. The Balaban J connectivity index is 1.29. The summed E-state index contributed by atoms with van der Waals surface area (Å²) in [5, 5.41) is 14.7. The number of fused-ring (bicyclic) bond motifs is 1. The van der Waals surface area contributed by atoms with E-state index in [4.69, 9.17) is 14.2 Å². The molecule has 0 atom stereocenters. The summed E-state index contributed by atoms with van der Waals surface area (Å²) in [5.74, 6) is 2.61. The number of nitrogens with one attached hydrogen (secondary N) is 1. The molecule has 0 saturated carbocycles. The molecule has 0 saturated heterocycles. The van der Waals surface area contributed by atoms with Gasteiger partial charge in [-0.25, -0.2) is 4.98 Å². The molecular formula is C20H16N4O5. The van der Waals surface area contributed by atoms with Crippen LogP contribution in [0.15, 0.2) is 65.9 Å². The molecule has 29 heavy (non-hydrogen) atoms. The van der Waals surface area contributed by atoms with Gasteiger partial charge in [-0.05, 0) is 53.6 Å². The standard InChI is InChI=1S/C20H16N4O5/c25-24(26)16-4-8-20(21-11-16)23-22-10-14-1-5-17(6-2-14)27-12-15-3-7-18-19(9-15)29-13-28-18/h1-11H,12-13H2,(H,21,23). The molecule has 4 rings (SSSR count). The summed E-state index contributed by atoms with van der Waals surface area (Å²) in [5.41, 5.74) is 4.49. The molecule has 1 aliphatic rings. The third-order valence-electron chi connectivity index (χ3n) is 4.07. The zero-order chi connectivity index (χ0) is 20.1. The Kier molecular flexibility index (Phi) is 5.19. The number of hydrogen-bond donors (Lipinski definition) is 1. The highest BCUT2D eigenvalue weighted by molar-refractivity contribution is 5.80. The first-order valence-electron chi connectivity index (χ1n) is 8.68. The molecule has 1 aromatic heterocycles. The van der Waals surface area contributed by atoms with Crippen molar-refractivity contribution in [1.82, 2.24) is 4.98 Å². The van der Waals surface area contributed by atoms with Gasteiger partial charge in [0.15, 0.2) is 11.5 Å². The van der Waals surface area contributed by atoms with Gasteiger partial charge >= 0.3 is 0 Å². The Hall–Kier alpha value is -4.14. The number of benzene rings is 2. The average Bonchev–Trinajstić information content (AvgIpc) is 3.21. The molecule has 0 spiro atoms. The first kappa shape index (κ1) is 18.2. The van der Waals surface area contributed by atoms with E-state index in [1.165, 1.54) is 18.3 Å². The van der Waals surface area contributed by atoms with Gasteiger partial charge in [-0.1, -0.05) is 6.07 Å². The van der Waals surface area contributed by atoms with Crippen molar-refractivity contribution in [2.24, 2.45) is 5.10 Å². The smallest absolute Gasteiger partial charge is 0.287 e. The molecule has 1 N–H and O–H groups in total. The molecule has 0 radical (unpaired) electrons. The number of nitrogens with zero attached hydrogens (tertiary/aromatic N) is 3. The van der Waals surface area contributed by atoms with E-state index < -0.39 is 4.92 Å². The Bertz CT molecular complexity index is 1040. The van der Waals surface area contributed by atoms with Gasteiger partial charge in [-0.15, -0.1) is 0 Å². The third kappa shape index (κ3) is 4.59. The number of nitro groups is 1. The van der Waals surface area contributed by atoms with Crippen LogP contribution in [-0.4, -0.2) is 22.9 Å². The molecule has 2 heterocycles. The van der Waals surface area contributed by atoms with Gasteiger partial charge in [0.1, 0.15) is 24.4 Å². The second-order valence-corrected chi connectivity index (χ2v) is 6.07. The van der Waals surface area contributed by atoms with Gasteiger partial charge in [0.2, 0.25) is 6.79 Å². The van der Waals surface area contributed by atoms with E-state index in [9.17, 15) is 10.1 Å². The first-order valence-corrected chi connectivity index (χ1v) is 8.68. The number of anilines is 1. The van der Waals surface area contributed by atoms with Crippen LogP contribution in [0.5, 0.6) is 17.2 Å². The molecule has 146 valence electrons. The summed E-state index contributed by atoms with van der Waals surface area (Å²) < 4.78 is 16.4. The van der Waals surface area contributed by atoms with Gasteiger partial charge in [-0.2, -0.15) is 5.10 Å². The van der Waals surface area contributed by atoms with Gasteiger partial charge < -0.3 is 14.2 Å². The summed E-state index contributed by atoms with van der Waals surface area (Å²) in [7, 11) is 0. The van der Waals surface area contributed by atoms with E-state index in [0.29, 0.717) is 12.4 Å². The van der Waals surface area contributed by atoms with Crippen molar-refractivity contribution in [2.75, 3.05) is 12.2 Å². The number of ether oxygens (including phenoxy) is 3. The monoisotopic (exact) mass is 392 g/mol. The fourth-order valence-corrected chi connectivity index (χ4v) is 2.58. The van der Waals surface area contributed by atoms with E-state index in [2.05, 4.69) is 15.5 Å². The zero-order valence-electron chi connectivity index (χ0n) is 15.1. The second-order valence-electron chi connectivity index (χ2n) is 6.07. The molecule has 0 bridgehead atoms. The van der Waals surface area contributed by atoms with Crippen LogP contribution < -0.4 is 19.6 Å². The average molecular weight is 392 g/mol. The minimum absolute atomic E-state index is 0.0733. The molecule has 0 fully saturated rings. The molecule has 9 nitrogen and oxygen atoms in total. The van der Waals surface area contributed by atoms with Crippen molar-refractivity contribution in [3.63, 3.8) is 0 Å². The van der Waals surface area contributed by atoms with E-state index in [-0.39, 0.29) is 12.5 Å². The normalized spacial score (nSPS) is 12.1. The Morgan fingerprint density at radius 1 is 1.14 bits per heavy atom. The van der Waals surface area contributed by atoms with Crippen molar-refractivity contribution in [2.45, 2.75) is 6.61 Å². The molecule has 0 aliphatic carbocycles. The van der Waals surface area contributed by atoms with Crippen LogP contribution in [0.1, 0.15) is 11.1 Å². The van der Waals surface area contributed by atoms with Crippen molar-refractivity contribution in [3.8, 4) is 17.2 Å². The number of hydrogen-bond acceptors (Lipinski definition) is 8. The topological polar surface area (TPSA) is 108 Å². The maximum absolute atomic E-state index is 10.6. The zero-order valence-corrected chi connectivity index (χ0v) is 15.1. The predicted octanol–water partition coefficient (Wildman–Crippen LogP) is 3.74. The van der Waals surface area contributed by atoms with Crippen molar-refractivity contribution in [1.29, 1.82) is 0 Å². The second kappa shape index (κ2) is 8.26. The Morgan fingerprint density at radius 3 is 2.72 bits per heavy atom. The summed E-state index contributed by atoms with van der Waals surface area (Å²) in [6.45, 7) is 0.662. The van der Waals surface area contributed by atoms with Crippen molar-refractivity contribution in [3.05, 3.63) is 82.0 Å². The van der Waals surface area contributed by atoms with Gasteiger partial charge in [0, 0.05) is 6.07 Å². The van der Waals surface area contributed by atoms with E-state index in [1.807, 2.05) is 42.5 Å². The Labute approximate surface area is 165 Å². The van der Waals surface area contributed by atoms with Gasteiger partial charge in [0.25, 0.3) is 5.69 Å². The highest BCUT2D eigenvalue weighted by atomic mass is 16.7. The summed E-state index contributed by atoms with van der Waals surface area (Å²) in [6, 6.07) is 16.0. The molecular weight excluding hydrogens is 376 g/mol. The lowest BCUT2D eigenvalue weighted by molar-refractivity contribution is -0.385. The van der Waals surface area contributed by atoms with E-state index in [0.717, 1.165) is 28.4 Å². The van der Waals surface area contributed by atoms with Crippen LogP contribution in [-0.2, 0) is 6.61 Å². The van der Waals surface area contributed by atoms with E-state index >= 15 is 0 Å². The fraction of sp³-hybridized carbons (Fsp3) is 0.100. The molecule has 0 unspecified atom stereocenters. The summed E-state index contributed by atoms with van der Waals surface area (Å²) >= 11 is 0. The lowest BCUT2D eigenvalue weighted by Gasteiger charge is -2.07. The molecule has 3 aromatic rings. The largest absolute Gasteiger partial charge is 0.489 e. The molecule has 0 amide bonds. The van der Waals surface area contributed by atoms with Crippen LogP contribution in [0.25, 0.3) is 0 Å². The van der Waals surface area contributed by atoms with Crippen LogP contribution in [0.3, 0.4) is 0 Å². The highest BCUT2D eigenvalue weighted by Crippen LogP contribution is 2.32. The van der Waals surface area contributed by atoms with Crippen molar-refractivity contribution >= 4 is 17.7 Å². The predicted molar refractivity (Wildman–Crippen MR) is 105 cm³/mol. The molecule has 2 aromatic carbocycles. The molecule has 1 aliphatic heterocycles. The van der Waals surface area contributed by atoms with Gasteiger partial charge in [-0.3, -0.25) is 15.5 Å². The summed E-state index contributed by atoms with van der Waals surface area (Å²) in [4.78, 5) is 14.0. The highest BCUT2D eigenvalue weighted by Gasteiger charge is 2.13. The SMILES string of the molecule is O=[N+]([O-])c1ccc(NN=Cc2ccc(OCc3ccc4c(c3)OCO4)cc2)nc1. The number of pyridine rings is 1.